The normalized spacial score (nSPS) is 19.1. The fourth-order valence-electron chi connectivity index (χ4n) is 2.32. The summed E-state index contributed by atoms with van der Waals surface area (Å²) in [6.45, 7) is 2.55. The first-order valence-corrected chi connectivity index (χ1v) is 8.10. The molecule has 0 aromatic heterocycles. The number of benzene rings is 1. The van der Waals surface area contributed by atoms with Crippen molar-refractivity contribution in [3.8, 4) is 0 Å². The maximum absolute atomic E-state index is 12.4. The van der Waals surface area contributed by atoms with Gasteiger partial charge in [-0.05, 0) is 5.56 Å². The van der Waals surface area contributed by atoms with Gasteiger partial charge in [-0.15, -0.1) is 0 Å². The lowest BCUT2D eigenvalue weighted by Crippen LogP contribution is -2.45. The molecule has 1 saturated heterocycles. The van der Waals surface area contributed by atoms with Crippen molar-refractivity contribution in [3.05, 3.63) is 35.9 Å². The van der Waals surface area contributed by atoms with E-state index in [-0.39, 0.29) is 11.9 Å². The van der Waals surface area contributed by atoms with E-state index in [1.54, 1.807) is 7.11 Å². The van der Waals surface area contributed by atoms with Crippen molar-refractivity contribution in [2.75, 3.05) is 44.9 Å². The predicted octanol–water partition coefficient (Wildman–Crippen LogP) is 1.54. The Hall–Kier alpha value is -1.04. The van der Waals surface area contributed by atoms with Crippen molar-refractivity contribution >= 4 is 17.7 Å². The van der Waals surface area contributed by atoms with Crippen molar-refractivity contribution in [1.29, 1.82) is 0 Å². The highest BCUT2D eigenvalue weighted by molar-refractivity contribution is 7.99. The lowest BCUT2D eigenvalue weighted by Gasteiger charge is -2.36. The topological polar surface area (TPSA) is 41.6 Å². The summed E-state index contributed by atoms with van der Waals surface area (Å²) < 4.78 is 4.97. The van der Waals surface area contributed by atoms with Crippen molar-refractivity contribution in [2.45, 2.75) is 6.04 Å². The van der Waals surface area contributed by atoms with E-state index in [9.17, 15) is 4.79 Å². The van der Waals surface area contributed by atoms with Crippen LogP contribution in [0.2, 0.25) is 0 Å². The Balaban J connectivity index is 1.94. The molecular weight excluding hydrogens is 272 g/mol. The van der Waals surface area contributed by atoms with E-state index < -0.39 is 0 Å². The summed E-state index contributed by atoms with van der Waals surface area (Å²) in [7, 11) is 1.66. The molecule has 1 aromatic rings. The second-order valence-electron chi connectivity index (χ2n) is 4.76. The molecule has 5 heteroatoms. The molecule has 1 fully saturated rings. The molecule has 4 nitrogen and oxygen atoms in total. The van der Waals surface area contributed by atoms with Gasteiger partial charge in [0.15, 0.2) is 0 Å². The van der Waals surface area contributed by atoms with Gasteiger partial charge in [-0.1, -0.05) is 30.3 Å². The molecule has 1 heterocycles. The maximum Gasteiger partial charge on any atom is 0.237 e. The van der Waals surface area contributed by atoms with Crippen molar-refractivity contribution in [2.24, 2.45) is 0 Å². The lowest BCUT2D eigenvalue weighted by molar-refractivity contribution is -0.132. The third kappa shape index (κ3) is 4.23. The number of amides is 1. The molecule has 1 aliphatic heterocycles. The first-order chi connectivity index (χ1) is 9.83. The minimum Gasteiger partial charge on any atom is -0.383 e. The van der Waals surface area contributed by atoms with Gasteiger partial charge in [-0.2, -0.15) is 11.8 Å². The monoisotopic (exact) mass is 294 g/mol. The van der Waals surface area contributed by atoms with Gasteiger partial charge in [0.25, 0.3) is 0 Å². The summed E-state index contributed by atoms with van der Waals surface area (Å²) in [5.74, 6) is 2.18. The smallest absolute Gasteiger partial charge is 0.237 e. The first-order valence-electron chi connectivity index (χ1n) is 6.94. The SMILES string of the molecule is COCCNCC(=O)N1CCSCC1c1ccccc1. The van der Waals surface area contributed by atoms with Crippen LogP contribution in [0, 0.1) is 0 Å². The van der Waals surface area contributed by atoms with Crippen molar-refractivity contribution in [1.82, 2.24) is 10.2 Å². The minimum absolute atomic E-state index is 0.176. The quantitative estimate of drug-likeness (QED) is 0.808. The number of rotatable bonds is 6. The Morgan fingerprint density at radius 1 is 1.45 bits per heavy atom. The van der Waals surface area contributed by atoms with E-state index in [1.807, 2.05) is 34.9 Å². The third-order valence-corrected chi connectivity index (χ3v) is 4.42. The fourth-order valence-corrected chi connectivity index (χ4v) is 3.41. The molecule has 1 N–H and O–H groups in total. The van der Waals surface area contributed by atoms with Crippen molar-refractivity contribution in [3.63, 3.8) is 0 Å². The zero-order chi connectivity index (χ0) is 14.2. The van der Waals surface area contributed by atoms with Gasteiger partial charge in [-0.3, -0.25) is 4.79 Å². The first kappa shape index (κ1) is 15.4. The Morgan fingerprint density at radius 3 is 3.00 bits per heavy atom. The molecule has 1 unspecified atom stereocenters. The van der Waals surface area contributed by atoms with Crippen LogP contribution >= 0.6 is 11.8 Å². The summed E-state index contributed by atoms with van der Waals surface area (Å²) in [5, 5.41) is 3.13. The van der Waals surface area contributed by atoms with Crippen LogP contribution in [0.5, 0.6) is 0 Å². The van der Waals surface area contributed by atoms with Crippen LogP contribution in [0.1, 0.15) is 11.6 Å². The molecule has 20 heavy (non-hydrogen) atoms. The van der Waals surface area contributed by atoms with Crippen LogP contribution in [0.15, 0.2) is 30.3 Å². The highest BCUT2D eigenvalue weighted by Crippen LogP contribution is 2.29. The van der Waals surface area contributed by atoms with E-state index in [0.29, 0.717) is 19.7 Å². The van der Waals surface area contributed by atoms with Crippen LogP contribution in [-0.2, 0) is 9.53 Å². The van der Waals surface area contributed by atoms with E-state index in [1.165, 1.54) is 5.56 Å². The van der Waals surface area contributed by atoms with Crippen LogP contribution < -0.4 is 5.32 Å². The average Bonchev–Trinajstić information content (AvgIpc) is 2.52. The summed E-state index contributed by atoms with van der Waals surface area (Å²) >= 11 is 1.92. The highest BCUT2D eigenvalue weighted by atomic mass is 32.2. The van der Waals surface area contributed by atoms with E-state index in [0.717, 1.165) is 18.1 Å². The zero-order valence-electron chi connectivity index (χ0n) is 11.9. The van der Waals surface area contributed by atoms with Crippen molar-refractivity contribution < 1.29 is 9.53 Å². The average molecular weight is 294 g/mol. The summed E-state index contributed by atoms with van der Waals surface area (Å²) in [6, 6.07) is 10.5. The molecule has 0 spiro atoms. The summed E-state index contributed by atoms with van der Waals surface area (Å²) in [5.41, 5.74) is 1.23. The van der Waals surface area contributed by atoms with E-state index in [2.05, 4.69) is 17.4 Å². The standard InChI is InChI=1S/C15H22N2O2S/c1-19-9-7-16-11-15(18)17-8-10-20-12-14(17)13-5-3-2-4-6-13/h2-6,14,16H,7-12H2,1H3. The molecule has 0 bridgehead atoms. The van der Waals surface area contributed by atoms with E-state index in [4.69, 9.17) is 4.74 Å². The van der Waals surface area contributed by atoms with Crippen LogP contribution in [0.3, 0.4) is 0 Å². The molecule has 1 atom stereocenters. The third-order valence-electron chi connectivity index (χ3n) is 3.39. The van der Waals surface area contributed by atoms with Gasteiger partial charge in [-0.25, -0.2) is 0 Å². The molecule has 110 valence electrons. The molecule has 1 aliphatic rings. The second-order valence-corrected chi connectivity index (χ2v) is 5.91. The fraction of sp³-hybridized carbons (Fsp3) is 0.533. The van der Waals surface area contributed by atoms with Gasteiger partial charge in [0.1, 0.15) is 0 Å². The van der Waals surface area contributed by atoms with Crippen LogP contribution in [0.25, 0.3) is 0 Å². The molecule has 1 aromatic carbocycles. The molecule has 1 amide bonds. The molecule has 0 saturated carbocycles. The Bertz CT molecular complexity index is 414. The highest BCUT2D eigenvalue weighted by Gasteiger charge is 2.27. The number of nitrogens with zero attached hydrogens (tertiary/aromatic N) is 1. The second kappa shape index (κ2) is 8.29. The summed E-state index contributed by atoms with van der Waals surface area (Å²) in [6.07, 6.45) is 0. The number of methoxy groups -OCH3 is 1. The number of nitrogens with one attached hydrogen (secondary N) is 1. The number of hydrogen-bond donors (Lipinski definition) is 1. The minimum atomic E-state index is 0.176. The maximum atomic E-state index is 12.4. The van der Waals surface area contributed by atoms with Gasteiger partial charge in [0.05, 0.1) is 19.2 Å². The zero-order valence-corrected chi connectivity index (χ0v) is 12.7. The number of ether oxygens (including phenoxy) is 1. The van der Waals surface area contributed by atoms with Crippen LogP contribution in [-0.4, -0.2) is 55.7 Å². The number of thioether (sulfide) groups is 1. The number of hydrogen-bond acceptors (Lipinski definition) is 4. The Labute approximate surface area is 124 Å². The molecular formula is C15H22N2O2S. The Morgan fingerprint density at radius 2 is 2.25 bits per heavy atom. The van der Waals surface area contributed by atoms with E-state index >= 15 is 0 Å². The number of carbonyl (C=O) groups excluding carboxylic acids is 1. The Kier molecular flexibility index (Phi) is 6.36. The lowest BCUT2D eigenvalue weighted by atomic mass is 10.1. The van der Waals surface area contributed by atoms with Gasteiger partial charge < -0.3 is 15.0 Å². The van der Waals surface area contributed by atoms with Gasteiger partial charge in [0, 0.05) is 31.7 Å². The summed E-state index contributed by atoms with van der Waals surface area (Å²) in [4.78, 5) is 14.4. The van der Waals surface area contributed by atoms with Gasteiger partial charge >= 0.3 is 0 Å². The predicted molar refractivity (Wildman–Crippen MR) is 83.0 cm³/mol. The van der Waals surface area contributed by atoms with Gasteiger partial charge in [0.2, 0.25) is 5.91 Å². The van der Waals surface area contributed by atoms with Crippen LogP contribution in [0.4, 0.5) is 0 Å². The molecule has 0 radical (unpaired) electrons. The molecule has 2 rings (SSSR count). The largest absolute Gasteiger partial charge is 0.383 e. The molecule has 0 aliphatic carbocycles. The number of carbonyl (C=O) groups is 1.